The van der Waals surface area contributed by atoms with Gasteiger partial charge in [-0.05, 0) is 48.8 Å². The first kappa shape index (κ1) is 15.2. The van der Waals surface area contributed by atoms with Gasteiger partial charge in [-0.3, -0.25) is 4.79 Å². The molecule has 0 aliphatic heterocycles. The minimum Gasteiger partial charge on any atom is -0.495 e. The number of benzene rings is 1. The highest BCUT2D eigenvalue weighted by molar-refractivity contribution is 6.32. The lowest BCUT2D eigenvalue weighted by molar-refractivity contribution is -0.137. The fourth-order valence-corrected chi connectivity index (χ4v) is 3.34. The third-order valence-corrected chi connectivity index (χ3v) is 4.27. The van der Waals surface area contributed by atoms with Crippen LogP contribution in [0.5, 0.6) is 5.75 Å². The largest absolute Gasteiger partial charge is 0.495 e. The molecule has 0 radical (unpaired) electrons. The van der Waals surface area contributed by atoms with Gasteiger partial charge in [0.25, 0.3) is 0 Å². The molecular weight excluding hydrogens is 276 g/mol. The van der Waals surface area contributed by atoms with E-state index in [1.807, 2.05) is 6.07 Å². The summed E-state index contributed by atoms with van der Waals surface area (Å²) >= 11 is 6.31. The molecule has 1 aromatic rings. The van der Waals surface area contributed by atoms with E-state index in [1.54, 1.807) is 7.11 Å². The molecule has 1 fully saturated rings. The molecule has 0 spiro atoms. The average molecular weight is 297 g/mol. The Morgan fingerprint density at radius 2 is 2.10 bits per heavy atom. The van der Waals surface area contributed by atoms with Crippen LogP contribution in [0.25, 0.3) is 0 Å². The molecule has 0 heterocycles. The lowest BCUT2D eigenvalue weighted by Gasteiger charge is -2.17. The van der Waals surface area contributed by atoms with Gasteiger partial charge in [0, 0.05) is 6.42 Å². The summed E-state index contributed by atoms with van der Waals surface area (Å²) in [6.45, 7) is 0. The maximum atomic E-state index is 10.6. The quantitative estimate of drug-likeness (QED) is 0.845. The molecule has 0 amide bonds. The molecule has 1 aliphatic rings. The predicted octanol–water partition coefficient (Wildman–Crippen LogP) is 4.41. The molecule has 1 N–H and O–H groups in total. The van der Waals surface area contributed by atoms with Crippen LogP contribution in [-0.2, 0) is 11.2 Å². The number of aliphatic carboxylic acids is 1. The van der Waals surface area contributed by atoms with Gasteiger partial charge in [-0.25, -0.2) is 0 Å². The van der Waals surface area contributed by atoms with Crippen molar-refractivity contribution < 1.29 is 14.6 Å². The molecule has 0 saturated heterocycles. The van der Waals surface area contributed by atoms with Crippen LogP contribution < -0.4 is 4.74 Å². The van der Waals surface area contributed by atoms with E-state index in [2.05, 4.69) is 6.07 Å². The second-order valence-electron chi connectivity index (χ2n) is 5.43. The van der Waals surface area contributed by atoms with Crippen molar-refractivity contribution in [2.24, 2.45) is 0 Å². The number of halogens is 1. The summed E-state index contributed by atoms with van der Waals surface area (Å²) in [5.41, 5.74) is 2.31. The van der Waals surface area contributed by atoms with Crippen LogP contribution in [-0.4, -0.2) is 18.2 Å². The van der Waals surface area contributed by atoms with E-state index >= 15 is 0 Å². The summed E-state index contributed by atoms with van der Waals surface area (Å²) in [6, 6.07) is 4.06. The van der Waals surface area contributed by atoms with Crippen molar-refractivity contribution in [3.8, 4) is 5.75 Å². The van der Waals surface area contributed by atoms with E-state index in [0.717, 1.165) is 17.7 Å². The zero-order valence-electron chi connectivity index (χ0n) is 11.8. The van der Waals surface area contributed by atoms with E-state index in [-0.39, 0.29) is 6.42 Å². The number of carboxylic acid groups (broad SMARTS) is 1. The van der Waals surface area contributed by atoms with Crippen molar-refractivity contribution in [2.45, 2.75) is 50.9 Å². The first-order chi connectivity index (χ1) is 9.61. The van der Waals surface area contributed by atoms with Crippen LogP contribution in [0.2, 0.25) is 5.02 Å². The second-order valence-corrected chi connectivity index (χ2v) is 5.84. The number of hydrogen-bond acceptors (Lipinski definition) is 2. The minimum atomic E-state index is -0.749. The number of ether oxygens (including phenoxy) is 1. The fourth-order valence-electron chi connectivity index (χ4n) is 3.02. The van der Waals surface area contributed by atoms with Crippen molar-refractivity contribution in [3.05, 3.63) is 28.3 Å². The van der Waals surface area contributed by atoms with E-state index in [1.165, 1.54) is 31.2 Å². The summed E-state index contributed by atoms with van der Waals surface area (Å²) in [4.78, 5) is 10.6. The summed E-state index contributed by atoms with van der Waals surface area (Å²) in [7, 11) is 1.66. The van der Waals surface area contributed by atoms with Crippen LogP contribution in [0.1, 0.15) is 55.6 Å². The average Bonchev–Trinajstić information content (AvgIpc) is 2.91. The third kappa shape index (κ3) is 3.66. The van der Waals surface area contributed by atoms with Gasteiger partial charge in [-0.2, -0.15) is 0 Å². The zero-order chi connectivity index (χ0) is 14.5. The van der Waals surface area contributed by atoms with Gasteiger partial charge >= 0.3 is 5.97 Å². The lowest BCUT2D eigenvalue weighted by atomic mass is 9.93. The number of carbonyl (C=O) groups is 1. The number of carboxylic acids is 1. The molecule has 1 aliphatic carbocycles. The first-order valence-electron chi connectivity index (χ1n) is 7.20. The van der Waals surface area contributed by atoms with Gasteiger partial charge < -0.3 is 9.84 Å². The van der Waals surface area contributed by atoms with Gasteiger partial charge in [-0.1, -0.05) is 30.5 Å². The number of aryl methyl sites for hydroxylation is 1. The molecule has 1 saturated carbocycles. The van der Waals surface area contributed by atoms with Crippen LogP contribution in [0.15, 0.2) is 12.1 Å². The molecule has 2 rings (SSSR count). The summed E-state index contributed by atoms with van der Waals surface area (Å²) in [5, 5.41) is 9.35. The molecule has 3 nitrogen and oxygen atoms in total. The number of hydrogen-bond donors (Lipinski definition) is 1. The Kier molecular flexibility index (Phi) is 5.30. The highest BCUT2D eigenvalue weighted by Crippen LogP contribution is 2.42. The normalized spacial score (nSPS) is 15.5. The van der Waals surface area contributed by atoms with Crippen molar-refractivity contribution in [3.63, 3.8) is 0 Å². The summed E-state index contributed by atoms with van der Waals surface area (Å²) < 4.78 is 5.46. The monoisotopic (exact) mass is 296 g/mol. The van der Waals surface area contributed by atoms with Gasteiger partial charge in [0.05, 0.1) is 12.1 Å². The van der Waals surface area contributed by atoms with E-state index in [9.17, 15) is 4.79 Å². The molecule has 110 valence electrons. The summed E-state index contributed by atoms with van der Waals surface area (Å²) in [5.74, 6) is 0.572. The second kappa shape index (κ2) is 6.98. The Morgan fingerprint density at radius 3 is 2.70 bits per heavy atom. The molecule has 0 atom stereocenters. The van der Waals surface area contributed by atoms with Crippen molar-refractivity contribution >= 4 is 17.6 Å². The van der Waals surface area contributed by atoms with Crippen LogP contribution in [0, 0.1) is 0 Å². The van der Waals surface area contributed by atoms with Crippen molar-refractivity contribution in [1.82, 2.24) is 0 Å². The first-order valence-corrected chi connectivity index (χ1v) is 7.57. The Balaban J connectivity index is 2.19. The van der Waals surface area contributed by atoms with Gasteiger partial charge in [-0.15, -0.1) is 0 Å². The van der Waals surface area contributed by atoms with Crippen molar-refractivity contribution in [1.29, 1.82) is 0 Å². The lowest BCUT2D eigenvalue weighted by Crippen LogP contribution is -2.01. The van der Waals surface area contributed by atoms with Crippen LogP contribution >= 0.6 is 11.6 Å². The SMILES string of the molecule is COc1c(Cl)cc(CCCC(=O)O)cc1C1CCCC1. The van der Waals surface area contributed by atoms with E-state index in [0.29, 0.717) is 17.4 Å². The zero-order valence-corrected chi connectivity index (χ0v) is 12.6. The van der Waals surface area contributed by atoms with Crippen LogP contribution in [0.4, 0.5) is 0 Å². The Hall–Kier alpha value is -1.22. The van der Waals surface area contributed by atoms with E-state index < -0.39 is 5.97 Å². The molecule has 0 bridgehead atoms. The molecule has 20 heavy (non-hydrogen) atoms. The third-order valence-electron chi connectivity index (χ3n) is 3.99. The molecule has 4 heteroatoms. The maximum Gasteiger partial charge on any atom is 0.303 e. The van der Waals surface area contributed by atoms with Crippen LogP contribution in [0.3, 0.4) is 0 Å². The standard InChI is InChI=1S/C16H21ClO3/c1-20-16-13(12-6-2-3-7-12)9-11(10-14(16)17)5-4-8-15(18)19/h9-10,12H,2-8H2,1H3,(H,18,19). The van der Waals surface area contributed by atoms with Gasteiger partial charge in [0.1, 0.15) is 5.75 Å². The maximum absolute atomic E-state index is 10.6. The van der Waals surface area contributed by atoms with E-state index in [4.69, 9.17) is 21.4 Å². The van der Waals surface area contributed by atoms with Gasteiger partial charge in [0.15, 0.2) is 0 Å². The number of rotatable bonds is 6. The minimum absolute atomic E-state index is 0.197. The predicted molar refractivity (Wildman–Crippen MR) is 79.8 cm³/mol. The molecular formula is C16H21ClO3. The molecule has 1 aromatic carbocycles. The highest BCUT2D eigenvalue weighted by atomic mass is 35.5. The molecule has 0 aromatic heterocycles. The fraction of sp³-hybridized carbons (Fsp3) is 0.562. The summed E-state index contributed by atoms with van der Waals surface area (Å²) in [6.07, 6.45) is 6.47. The highest BCUT2D eigenvalue weighted by Gasteiger charge is 2.22. The van der Waals surface area contributed by atoms with Crippen molar-refractivity contribution in [2.75, 3.05) is 7.11 Å². The molecule has 0 unspecified atom stereocenters. The smallest absolute Gasteiger partial charge is 0.303 e. The van der Waals surface area contributed by atoms with Gasteiger partial charge in [0.2, 0.25) is 0 Å². The number of methoxy groups -OCH3 is 1. The topological polar surface area (TPSA) is 46.5 Å². The Bertz CT molecular complexity index is 479. The Labute approximate surface area is 124 Å². The Morgan fingerprint density at radius 1 is 1.40 bits per heavy atom.